The van der Waals surface area contributed by atoms with Crippen LogP contribution >= 0.6 is 31.9 Å². The first-order valence-corrected chi connectivity index (χ1v) is 6.73. The van der Waals surface area contributed by atoms with Crippen molar-refractivity contribution in [2.24, 2.45) is 0 Å². The van der Waals surface area contributed by atoms with Crippen molar-refractivity contribution in [1.29, 1.82) is 0 Å². The first-order chi connectivity index (χ1) is 7.61. The van der Waals surface area contributed by atoms with Crippen LogP contribution in [0, 0.1) is 0 Å². The fourth-order valence-corrected chi connectivity index (χ4v) is 2.66. The van der Waals surface area contributed by atoms with Gasteiger partial charge < -0.3 is 9.64 Å². The summed E-state index contributed by atoms with van der Waals surface area (Å²) in [6.45, 7) is 2.56. The molecular formula is C11H16Br2N2O. The highest BCUT2D eigenvalue weighted by atomic mass is 79.9. The lowest BCUT2D eigenvalue weighted by Crippen LogP contribution is -2.28. The van der Waals surface area contributed by atoms with Crippen molar-refractivity contribution >= 4 is 31.9 Å². The van der Waals surface area contributed by atoms with E-state index in [1.165, 1.54) is 5.56 Å². The van der Waals surface area contributed by atoms with Gasteiger partial charge in [-0.1, -0.05) is 15.9 Å². The molecular weight excluding hydrogens is 336 g/mol. The third-order valence-electron chi connectivity index (χ3n) is 2.07. The molecule has 1 aromatic heterocycles. The summed E-state index contributed by atoms with van der Waals surface area (Å²) in [4.78, 5) is 6.74. The number of hydrogen-bond acceptors (Lipinski definition) is 3. The fourth-order valence-electron chi connectivity index (χ4n) is 1.49. The van der Waals surface area contributed by atoms with Crippen molar-refractivity contribution < 1.29 is 4.74 Å². The summed E-state index contributed by atoms with van der Waals surface area (Å²) < 4.78 is 6.10. The molecule has 1 unspecified atom stereocenters. The van der Waals surface area contributed by atoms with Crippen molar-refractivity contribution in [2.75, 3.05) is 27.3 Å². The maximum Gasteiger partial charge on any atom is 0.0600 e. The number of aromatic nitrogens is 1. The van der Waals surface area contributed by atoms with E-state index in [1.54, 1.807) is 13.3 Å². The summed E-state index contributed by atoms with van der Waals surface area (Å²) in [6.07, 6.45) is 3.68. The summed E-state index contributed by atoms with van der Waals surface area (Å²) in [5, 5.41) is 0. The molecule has 1 rings (SSSR count). The third kappa shape index (κ3) is 5.39. The predicted octanol–water partition coefficient (Wildman–Crippen LogP) is 2.69. The number of alkyl halides is 1. The number of nitrogens with zero attached hydrogens (tertiary/aromatic N) is 2. The Bertz CT molecular complexity index is 323. The lowest BCUT2D eigenvalue weighted by molar-refractivity contribution is 0.185. The molecule has 0 saturated heterocycles. The average Bonchev–Trinajstić information content (AvgIpc) is 2.17. The summed E-state index contributed by atoms with van der Waals surface area (Å²) in [5.74, 6) is 0. The Morgan fingerprint density at radius 3 is 2.88 bits per heavy atom. The summed E-state index contributed by atoms with van der Waals surface area (Å²) >= 11 is 6.99. The van der Waals surface area contributed by atoms with E-state index in [2.05, 4.69) is 54.9 Å². The highest BCUT2D eigenvalue weighted by Gasteiger charge is 2.08. The summed E-state index contributed by atoms with van der Waals surface area (Å²) in [5.41, 5.74) is 1.20. The van der Waals surface area contributed by atoms with Gasteiger partial charge in [0.1, 0.15) is 0 Å². The monoisotopic (exact) mass is 350 g/mol. The maximum absolute atomic E-state index is 5.08. The molecule has 0 bridgehead atoms. The molecule has 5 heteroatoms. The number of pyridine rings is 1. The molecule has 0 fully saturated rings. The SMILES string of the molecule is COCC(Br)CN(C)Cc1cncc(Br)c1. The lowest BCUT2D eigenvalue weighted by atomic mass is 10.2. The smallest absolute Gasteiger partial charge is 0.0600 e. The zero-order valence-electron chi connectivity index (χ0n) is 9.49. The van der Waals surface area contributed by atoms with Gasteiger partial charge in [0.15, 0.2) is 0 Å². The zero-order valence-corrected chi connectivity index (χ0v) is 12.7. The molecule has 1 aromatic rings. The first-order valence-electron chi connectivity index (χ1n) is 5.02. The van der Waals surface area contributed by atoms with Crippen LogP contribution < -0.4 is 0 Å². The number of ether oxygens (including phenoxy) is 1. The molecule has 1 heterocycles. The molecule has 0 N–H and O–H groups in total. The fraction of sp³-hybridized carbons (Fsp3) is 0.545. The molecule has 90 valence electrons. The van der Waals surface area contributed by atoms with E-state index in [-0.39, 0.29) is 0 Å². The van der Waals surface area contributed by atoms with Crippen molar-refractivity contribution in [3.8, 4) is 0 Å². The third-order valence-corrected chi connectivity index (χ3v) is 3.06. The van der Waals surface area contributed by atoms with Gasteiger partial charge in [-0.05, 0) is 34.6 Å². The van der Waals surface area contributed by atoms with Crippen molar-refractivity contribution in [1.82, 2.24) is 9.88 Å². The Morgan fingerprint density at radius 2 is 2.25 bits per heavy atom. The minimum atomic E-state index is 0.364. The van der Waals surface area contributed by atoms with Crippen LogP contribution in [0.15, 0.2) is 22.9 Å². The first kappa shape index (κ1) is 14.1. The maximum atomic E-state index is 5.08. The van der Waals surface area contributed by atoms with Crippen LogP contribution in [-0.4, -0.2) is 42.0 Å². The topological polar surface area (TPSA) is 25.4 Å². The van der Waals surface area contributed by atoms with Crippen LogP contribution in [0.2, 0.25) is 0 Å². The van der Waals surface area contributed by atoms with E-state index < -0.39 is 0 Å². The number of halogens is 2. The van der Waals surface area contributed by atoms with E-state index in [0.29, 0.717) is 4.83 Å². The Labute approximate surface area is 113 Å². The van der Waals surface area contributed by atoms with Gasteiger partial charge in [0.2, 0.25) is 0 Å². The Morgan fingerprint density at radius 1 is 1.50 bits per heavy atom. The molecule has 0 aliphatic heterocycles. The van der Waals surface area contributed by atoms with Gasteiger partial charge in [0, 0.05) is 37.1 Å². The molecule has 0 radical (unpaired) electrons. The standard InChI is InChI=1S/C11H16Br2N2O/c1-15(7-11(13)8-16-2)6-9-3-10(12)5-14-4-9/h3-5,11H,6-8H2,1-2H3. The minimum absolute atomic E-state index is 0.364. The number of hydrogen-bond donors (Lipinski definition) is 0. The molecule has 0 spiro atoms. The molecule has 3 nitrogen and oxygen atoms in total. The molecule has 16 heavy (non-hydrogen) atoms. The molecule has 0 saturated carbocycles. The van der Waals surface area contributed by atoms with Gasteiger partial charge in [-0.2, -0.15) is 0 Å². The van der Waals surface area contributed by atoms with Gasteiger partial charge >= 0.3 is 0 Å². The molecule has 0 amide bonds. The van der Waals surface area contributed by atoms with Crippen LogP contribution in [0.25, 0.3) is 0 Å². The van der Waals surface area contributed by atoms with Crippen LogP contribution in [0.5, 0.6) is 0 Å². The highest BCUT2D eigenvalue weighted by Crippen LogP contribution is 2.12. The van der Waals surface area contributed by atoms with E-state index in [0.717, 1.165) is 24.2 Å². The lowest BCUT2D eigenvalue weighted by Gasteiger charge is -2.19. The molecule has 1 atom stereocenters. The molecule has 0 aliphatic carbocycles. The van der Waals surface area contributed by atoms with Crippen LogP contribution in [-0.2, 0) is 11.3 Å². The Kier molecular flexibility index (Phi) is 6.49. The van der Waals surface area contributed by atoms with Crippen LogP contribution in [0.3, 0.4) is 0 Å². The van der Waals surface area contributed by atoms with Crippen LogP contribution in [0.4, 0.5) is 0 Å². The second-order valence-electron chi connectivity index (χ2n) is 3.76. The normalized spacial score (nSPS) is 13.1. The number of methoxy groups -OCH3 is 1. The van der Waals surface area contributed by atoms with Crippen molar-refractivity contribution in [2.45, 2.75) is 11.4 Å². The zero-order chi connectivity index (χ0) is 12.0. The average molecular weight is 352 g/mol. The van der Waals surface area contributed by atoms with Crippen LogP contribution in [0.1, 0.15) is 5.56 Å². The van der Waals surface area contributed by atoms with E-state index >= 15 is 0 Å². The van der Waals surface area contributed by atoms with Gasteiger partial charge in [-0.25, -0.2) is 0 Å². The largest absolute Gasteiger partial charge is 0.383 e. The van der Waals surface area contributed by atoms with Gasteiger partial charge in [0.25, 0.3) is 0 Å². The Balaban J connectivity index is 2.42. The van der Waals surface area contributed by atoms with E-state index in [1.807, 2.05) is 6.20 Å². The van der Waals surface area contributed by atoms with Gasteiger partial charge in [-0.3, -0.25) is 4.98 Å². The minimum Gasteiger partial charge on any atom is -0.383 e. The van der Waals surface area contributed by atoms with Crippen molar-refractivity contribution in [3.05, 3.63) is 28.5 Å². The second-order valence-corrected chi connectivity index (χ2v) is 5.97. The van der Waals surface area contributed by atoms with Gasteiger partial charge in [-0.15, -0.1) is 0 Å². The van der Waals surface area contributed by atoms with E-state index in [9.17, 15) is 0 Å². The number of rotatable bonds is 6. The van der Waals surface area contributed by atoms with Crippen molar-refractivity contribution in [3.63, 3.8) is 0 Å². The summed E-state index contributed by atoms with van der Waals surface area (Å²) in [7, 11) is 3.80. The molecule has 0 aliphatic rings. The van der Waals surface area contributed by atoms with Gasteiger partial charge in [0.05, 0.1) is 11.4 Å². The summed E-state index contributed by atoms with van der Waals surface area (Å²) in [6, 6.07) is 2.09. The second kappa shape index (κ2) is 7.37. The van der Waals surface area contributed by atoms with E-state index in [4.69, 9.17) is 4.74 Å². The highest BCUT2D eigenvalue weighted by molar-refractivity contribution is 9.10. The quantitative estimate of drug-likeness (QED) is 0.737. The molecule has 0 aromatic carbocycles. The Hall–Kier alpha value is 0.0300. The predicted molar refractivity (Wildman–Crippen MR) is 72.9 cm³/mol.